The van der Waals surface area contributed by atoms with Gasteiger partial charge in [0.1, 0.15) is 0 Å². The Kier molecular flexibility index (Phi) is 7.57. The lowest BCUT2D eigenvalue weighted by Crippen LogP contribution is -2.33. The monoisotopic (exact) mass is 443 g/mol. The van der Waals surface area contributed by atoms with Crippen molar-refractivity contribution in [1.29, 1.82) is 0 Å². The quantitative estimate of drug-likeness (QED) is 0.613. The van der Waals surface area contributed by atoms with Crippen molar-refractivity contribution in [3.8, 4) is 0 Å². The van der Waals surface area contributed by atoms with Crippen LogP contribution in [0.3, 0.4) is 0 Å². The Bertz CT molecular complexity index is 1040. The van der Waals surface area contributed by atoms with Gasteiger partial charge in [0.15, 0.2) is 17.5 Å². The number of benzene rings is 2. The van der Waals surface area contributed by atoms with Crippen LogP contribution in [0, 0.1) is 17.5 Å². The number of rotatable bonds is 8. The minimum Gasteiger partial charge on any atom is -0.343 e. The molecule has 2 rings (SSSR count). The third kappa shape index (κ3) is 5.16. The van der Waals surface area contributed by atoms with Crippen LogP contribution in [-0.2, 0) is 14.8 Å². The molecule has 0 unspecified atom stereocenters. The maximum absolute atomic E-state index is 13.6. The lowest BCUT2D eigenvalue weighted by molar-refractivity contribution is -0.115. The average molecular weight is 443 g/mol. The van der Waals surface area contributed by atoms with Crippen LogP contribution in [0.1, 0.15) is 24.2 Å². The highest BCUT2D eigenvalue weighted by atomic mass is 32.2. The van der Waals surface area contributed by atoms with Crippen molar-refractivity contribution in [2.24, 2.45) is 0 Å². The molecule has 0 spiro atoms. The van der Waals surface area contributed by atoms with Gasteiger partial charge in [0.2, 0.25) is 15.9 Å². The van der Waals surface area contributed by atoms with E-state index >= 15 is 0 Å². The number of amides is 2. The zero-order chi connectivity index (χ0) is 22.5. The number of anilines is 1. The van der Waals surface area contributed by atoms with Gasteiger partial charge in [0.25, 0.3) is 5.91 Å². The average Bonchev–Trinajstić information content (AvgIpc) is 2.73. The van der Waals surface area contributed by atoms with Gasteiger partial charge < -0.3 is 10.6 Å². The molecular weight excluding hydrogens is 423 g/mol. The van der Waals surface area contributed by atoms with Crippen molar-refractivity contribution >= 4 is 27.5 Å². The molecule has 0 heterocycles. The van der Waals surface area contributed by atoms with Crippen LogP contribution in [0.2, 0.25) is 0 Å². The highest BCUT2D eigenvalue weighted by Gasteiger charge is 2.22. The first-order valence-electron chi connectivity index (χ1n) is 8.93. The van der Waals surface area contributed by atoms with Crippen molar-refractivity contribution in [2.75, 3.05) is 25.0 Å². The Morgan fingerprint density at radius 1 is 0.933 bits per heavy atom. The summed E-state index contributed by atoms with van der Waals surface area (Å²) < 4.78 is 65.8. The molecule has 2 N–H and O–H groups in total. The first-order chi connectivity index (χ1) is 14.1. The van der Waals surface area contributed by atoms with E-state index in [0.29, 0.717) is 19.2 Å². The summed E-state index contributed by atoms with van der Waals surface area (Å²) in [6.45, 7) is 3.44. The second kappa shape index (κ2) is 9.72. The number of carbonyl (C=O) groups is 2. The van der Waals surface area contributed by atoms with Crippen LogP contribution in [0.5, 0.6) is 0 Å². The fraction of sp³-hybridized carbons (Fsp3) is 0.263. The molecule has 0 aliphatic carbocycles. The van der Waals surface area contributed by atoms with Crippen molar-refractivity contribution in [1.82, 2.24) is 9.62 Å². The molecule has 0 bridgehead atoms. The van der Waals surface area contributed by atoms with E-state index in [2.05, 4.69) is 5.32 Å². The smallest absolute Gasteiger partial charge is 0.251 e. The van der Waals surface area contributed by atoms with E-state index in [9.17, 15) is 31.2 Å². The summed E-state index contributed by atoms with van der Waals surface area (Å²) >= 11 is 0. The summed E-state index contributed by atoms with van der Waals surface area (Å²) in [5.41, 5.74) is -0.473. The minimum atomic E-state index is -3.67. The molecule has 0 aliphatic rings. The molecule has 0 aliphatic heterocycles. The zero-order valence-corrected chi connectivity index (χ0v) is 17.0. The first-order valence-corrected chi connectivity index (χ1v) is 10.4. The zero-order valence-electron chi connectivity index (χ0n) is 16.2. The normalized spacial score (nSPS) is 11.4. The first kappa shape index (κ1) is 23.4. The molecule has 30 heavy (non-hydrogen) atoms. The number of sulfonamides is 1. The van der Waals surface area contributed by atoms with Gasteiger partial charge in [-0.25, -0.2) is 21.6 Å². The fourth-order valence-electron chi connectivity index (χ4n) is 2.57. The maximum atomic E-state index is 13.6. The predicted molar refractivity (Wildman–Crippen MR) is 104 cm³/mol. The van der Waals surface area contributed by atoms with Gasteiger partial charge in [-0.05, 0) is 36.4 Å². The number of nitrogens with one attached hydrogen (secondary N) is 2. The van der Waals surface area contributed by atoms with Crippen molar-refractivity contribution in [3.05, 3.63) is 59.4 Å². The third-order valence-corrected chi connectivity index (χ3v) is 6.24. The van der Waals surface area contributed by atoms with Gasteiger partial charge in [-0.15, -0.1) is 0 Å². The molecule has 0 atom stereocenters. The van der Waals surface area contributed by atoms with Crippen LogP contribution >= 0.6 is 0 Å². The molecule has 0 saturated heterocycles. The lowest BCUT2D eigenvalue weighted by Gasteiger charge is -2.18. The number of hydrogen-bond acceptors (Lipinski definition) is 4. The van der Waals surface area contributed by atoms with E-state index < -0.39 is 51.5 Å². The molecule has 0 radical (unpaired) electrons. The predicted octanol–water partition coefficient (Wildman–Crippen LogP) is 2.50. The number of carbonyl (C=O) groups excluding carboxylic acids is 2. The maximum Gasteiger partial charge on any atom is 0.251 e. The van der Waals surface area contributed by atoms with Crippen LogP contribution < -0.4 is 10.6 Å². The molecule has 7 nitrogen and oxygen atoms in total. The van der Waals surface area contributed by atoms with Crippen LogP contribution in [0.15, 0.2) is 41.3 Å². The van der Waals surface area contributed by atoms with E-state index in [-0.39, 0.29) is 10.5 Å². The van der Waals surface area contributed by atoms with E-state index in [0.717, 1.165) is 6.07 Å². The molecule has 2 aromatic carbocycles. The van der Waals surface area contributed by atoms with Crippen LogP contribution in [0.25, 0.3) is 0 Å². The van der Waals surface area contributed by atoms with Crippen molar-refractivity contribution in [3.63, 3.8) is 0 Å². The van der Waals surface area contributed by atoms with Gasteiger partial charge in [-0.1, -0.05) is 13.8 Å². The standard InChI is InChI=1S/C19H20F3N3O4S/c1-3-25(4-2)30(28,29)13-7-5-12(6-8-13)19(27)23-11-16(26)24-15-10-9-14(20)17(21)18(15)22/h5-10H,3-4,11H2,1-2H3,(H,23,27)(H,24,26). The minimum absolute atomic E-state index is 0.0225. The lowest BCUT2D eigenvalue weighted by atomic mass is 10.2. The second-order valence-electron chi connectivity index (χ2n) is 6.07. The Morgan fingerprint density at radius 3 is 2.10 bits per heavy atom. The number of nitrogens with zero attached hydrogens (tertiary/aromatic N) is 1. The Labute approximate surface area is 171 Å². The largest absolute Gasteiger partial charge is 0.343 e. The summed E-state index contributed by atoms with van der Waals surface area (Å²) in [6.07, 6.45) is 0. The van der Waals surface area contributed by atoms with Crippen LogP contribution in [-0.4, -0.2) is 44.2 Å². The second-order valence-corrected chi connectivity index (χ2v) is 8.01. The highest BCUT2D eigenvalue weighted by Crippen LogP contribution is 2.19. The fourth-order valence-corrected chi connectivity index (χ4v) is 4.03. The van der Waals surface area contributed by atoms with E-state index in [1.54, 1.807) is 13.8 Å². The topological polar surface area (TPSA) is 95.6 Å². The Balaban J connectivity index is 2.00. The van der Waals surface area contributed by atoms with Crippen LogP contribution in [0.4, 0.5) is 18.9 Å². The van der Waals surface area contributed by atoms with Gasteiger partial charge in [0, 0.05) is 18.7 Å². The third-order valence-electron chi connectivity index (χ3n) is 4.18. The molecule has 2 amide bonds. The van der Waals surface area contributed by atoms with Gasteiger partial charge in [-0.3, -0.25) is 9.59 Å². The molecule has 162 valence electrons. The summed E-state index contributed by atoms with van der Waals surface area (Å²) in [4.78, 5) is 24.0. The van der Waals surface area contributed by atoms with Gasteiger partial charge >= 0.3 is 0 Å². The summed E-state index contributed by atoms with van der Waals surface area (Å²) in [5.74, 6) is -6.22. The van der Waals surface area contributed by atoms with Gasteiger partial charge in [-0.2, -0.15) is 4.31 Å². The molecule has 2 aromatic rings. The molecule has 0 saturated carbocycles. The Morgan fingerprint density at radius 2 is 1.53 bits per heavy atom. The Hall–Kier alpha value is -2.92. The molecule has 0 aromatic heterocycles. The van der Waals surface area contributed by atoms with E-state index in [4.69, 9.17) is 0 Å². The number of halogens is 3. The van der Waals surface area contributed by atoms with Crippen molar-refractivity contribution < 1.29 is 31.2 Å². The van der Waals surface area contributed by atoms with Gasteiger partial charge in [0.05, 0.1) is 17.1 Å². The molecule has 11 heteroatoms. The summed E-state index contributed by atoms with van der Waals surface area (Å²) in [7, 11) is -3.67. The van der Waals surface area contributed by atoms with E-state index in [1.807, 2.05) is 5.32 Å². The SMILES string of the molecule is CCN(CC)S(=O)(=O)c1ccc(C(=O)NCC(=O)Nc2ccc(F)c(F)c2F)cc1. The summed E-state index contributed by atoms with van der Waals surface area (Å²) in [5, 5.41) is 4.29. The summed E-state index contributed by atoms with van der Waals surface area (Å²) in [6, 6.07) is 6.64. The van der Waals surface area contributed by atoms with E-state index in [1.165, 1.54) is 28.6 Å². The molecule has 0 fully saturated rings. The molecular formula is C19H20F3N3O4S. The number of hydrogen-bond donors (Lipinski definition) is 2. The highest BCUT2D eigenvalue weighted by molar-refractivity contribution is 7.89. The van der Waals surface area contributed by atoms with Crippen molar-refractivity contribution in [2.45, 2.75) is 18.7 Å².